The second-order valence-corrected chi connectivity index (χ2v) is 5.03. The van der Waals surface area contributed by atoms with Crippen LogP contribution in [0.4, 0.5) is 0 Å². The highest BCUT2D eigenvalue weighted by Crippen LogP contribution is 2.17. The van der Waals surface area contributed by atoms with Crippen LogP contribution in [-0.2, 0) is 11.3 Å². The molecule has 0 unspecified atom stereocenters. The van der Waals surface area contributed by atoms with Crippen LogP contribution in [0.25, 0.3) is 0 Å². The van der Waals surface area contributed by atoms with Gasteiger partial charge in [-0.25, -0.2) is 4.68 Å². The van der Waals surface area contributed by atoms with Gasteiger partial charge in [-0.2, -0.15) is 0 Å². The standard InChI is InChI=1S/C16H19N3O4/c1-3-23-13-6-4-12(5-7-13)11(2)17-15(21)10-19-16(22)9-8-14(20)18-19/h4-9,11H,3,10H2,1-2H3,(H,17,21)(H,18,20)/t11-/m0/s1. The minimum Gasteiger partial charge on any atom is -0.494 e. The third-order valence-corrected chi connectivity index (χ3v) is 3.26. The Labute approximate surface area is 132 Å². The number of nitrogens with one attached hydrogen (secondary N) is 2. The lowest BCUT2D eigenvalue weighted by Crippen LogP contribution is -2.36. The van der Waals surface area contributed by atoms with Gasteiger partial charge in [0.25, 0.3) is 11.1 Å². The largest absolute Gasteiger partial charge is 0.494 e. The Hall–Kier alpha value is -2.83. The number of H-pyrrole nitrogens is 1. The molecule has 0 radical (unpaired) electrons. The van der Waals surface area contributed by atoms with Crippen LogP contribution in [0.2, 0.25) is 0 Å². The van der Waals surface area contributed by atoms with Gasteiger partial charge in [0.15, 0.2) is 0 Å². The lowest BCUT2D eigenvalue weighted by molar-refractivity contribution is -0.122. The SMILES string of the molecule is CCOc1ccc([C@H](C)NC(=O)Cn2[nH]c(=O)ccc2=O)cc1. The van der Waals surface area contributed by atoms with Crippen LogP contribution in [0.3, 0.4) is 0 Å². The predicted molar refractivity (Wildman–Crippen MR) is 85.5 cm³/mol. The number of benzene rings is 1. The Morgan fingerprint density at radius 3 is 2.57 bits per heavy atom. The molecule has 0 fully saturated rings. The molecule has 0 bridgehead atoms. The Kier molecular flexibility index (Phi) is 5.35. The summed E-state index contributed by atoms with van der Waals surface area (Å²) in [5, 5.41) is 5.09. The first-order chi connectivity index (χ1) is 11.0. The maximum atomic E-state index is 12.0. The molecule has 0 aliphatic carbocycles. The Balaban J connectivity index is 2.00. The zero-order chi connectivity index (χ0) is 16.8. The highest BCUT2D eigenvalue weighted by atomic mass is 16.5. The Morgan fingerprint density at radius 1 is 1.22 bits per heavy atom. The van der Waals surface area contributed by atoms with E-state index in [1.54, 1.807) is 0 Å². The summed E-state index contributed by atoms with van der Waals surface area (Å²) in [6.07, 6.45) is 0. The third kappa shape index (κ3) is 4.57. The van der Waals surface area contributed by atoms with E-state index in [2.05, 4.69) is 10.4 Å². The van der Waals surface area contributed by atoms with Crippen molar-refractivity contribution in [1.29, 1.82) is 0 Å². The number of rotatable bonds is 6. The molecule has 7 nitrogen and oxygen atoms in total. The van der Waals surface area contributed by atoms with Gasteiger partial charge in [-0.15, -0.1) is 0 Å². The van der Waals surface area contributed by atoms with Crippen molar-refractivity contribution >= 4 is 5.91 Å². The minimum absolute atomic E-state index is 0.232. The van der Waals surface area contributed by atoms with Crippen LogP contribution < -0.4 is 21.2 Å². The molecule has 2 aromatic rings. The van der Waals surface area contributed by atoms with Crippen LogP contribution in [0.5, 0.6) is 5.75 Å². The summed E-state index contributed by atoms with van der Waals surface area (Å²) in [4.78, 5) is 34.8. The first-order valence-corrected chi connectivity index (χ1v) is 7.32. The van der Waals surface area contributed by atoms with Gasteiger partial charge in [-0.05, 0) is 31.5 Å². The van der Waals surface area contributed by atoms with Crippen molar-refractivity contribution in [1.82, 2.24) is 15.1 Å². The van der Waals surface area contributed by atoms with E-state index in [-0.39, 0.29) is 18.5 Å². The summed E-state index contributed by atoms with van der Waals surface area (Å²) in [5.41, 5.74) is 0.0427. The molecule has 2 N–H and O–H groups in total. The normalized spacial score (nSPS) is 11.7. The molecule has 1 amide bonds. The Morgan fingerprint density at radius 2 is 1.91 bits per heavy atom. The monoisotopic (exact) mass is 317 g/mol. The number of hydrogen-bond acceptors (Lipinski definition) is 4. The lowest BCUT2D eigenvalue weighted by Gasteiger charge is -2.15. The smallest absolute Gasteiger partial charge is 0.265 e. The van der Waals surface area contributed by atoms with E-state index < -0.39 is 11.1 Å². The predicted octanol–water partition coefficient (Wildman–Crippen LogP) is 0.813. The average molecular weight is 317 g/mol. The third-order valence-electron chi connectivity index (χ3n) is 3.26. The maximum absolute atomic E-state index is 12.0. The summed E-state index contributed by atoms with van der Waals surface area (Å²) < 4.78 is 6.34. The first-order valence-electron chi connectivity index (χ1n) is 7.32. The number of amides is 1. The molecule has 0 spiro atoms. The molecule has 1 atom stereocenters. The van der Waals surface area contributed by atoms with Gasteiger partial charge >= 0.3 is 0 Å². The molecule has 1 heterocycles. The van der Waals surface area contributed by atoms with Gasteiger partial charge in [0.2, 0.25) is 5.91 Å². The van der Waals surface area contributed by atoms with Crippen molar-refractivity contribution in [2.75, 3.05) is 6.61 Å². The molecule has 1 aromatic heterocycles. The molecule has 122 valence electrons. The summed E-state index contributed by atoms with van der Waals surface area (Å²) >= 11 is 0. The van der Waals surface area contributed by atoms with Crippen LogP contribution in [0, 0.1) is 0 Å². The van der Waals surface area contributed by atoms with Gasteiger partial charge < -0.3 is 10.1 Å². The van der Waals surface area contributed by atoms with Crippen LogP contribution >= 0.6 is 0 Å². The van der Waals surface area contributed by atoms with E-state index in [9.17, 15) is 14.4 Å². The van der Waals surface area contributed by atoms with E-state index >= 15 is 0 Å². The number of carbonyl (C=O) groups excluding carboxylic acids is 1. The van der Waals surface area contributed by atoms with Crippen molar-refractivity contribution in [2.24, 2.45) is 0 Å². The van der Waals surface area contributed by atoms with Crippen molar-refractivity contribution < 1.29 is 9.53 Å². The highest BCUT2D eigenvalue weighted by molar-refractivity contribution is 5.76. The first kappa shape index (κ1) is 16.5. The topological polar surface area (TPSA) is 93.2 Å². The number of aromatic nitrogens is 2. The van der Waals surface area contributed by atoms with E-state index in [0.717, 1.165) is 28.1 Å². The molecule has 2 rings (SSSR count). The van der Waals surface area contributed by atoms with E-state index in [1.165, 1.54) is 0 Å². The highest BCUT2D eigenvalue weighted by Gasteiger charge is 2.11. The second kappa shape index (κ2) is 7.44. The van der Waals surface area contributed by atoms with Crippen molar-refractivity contribution in [2.45, 2.75) is 26.4 Å². The molecule has 23 heavy (non-hydrogen) atoms. The summed E-state index contributed by atoms with van der Waals surface area (Å²) in [6.45, 7) is 4.10. The number of nitrogens with zero attached hydrogens (tertiary/aromatic N) is 1. The quantitative estimate of drug-likeness (QED) is 0.824. The molecule has 0 saturated carbocycles. The summed E-state index contributed by atoms with van der Waals surface area (Å²) in [6, 6.07) is 9.42. The van der Waals surface area contributed by atoms with Gasteiger partial charge in [0, 0.05) is 12.1 Å². The molecule has 0 aliphatic rings. The fourth-order valence-corrected chi connectivity index (χ4v) is 2.11. The van der Waals surface area contributed by atoms with Gasteiger partial charge in [-0.3, -0.25) is 19.5 Å². The molecular weight excluding hydrogens is 298 g/mol. The molecule has 0 saturated heterocycles. The molecule has 0 aliphatic heterocycles. The maximum Gasteiger partial charge on any atom is 0.265 e. The summed E-state index contributed by atoms with van der Waals surface area (Å²) in [7, 11) is 0. The van der Waals surface area contributed by atoms with Gasteiger partial charge in [0.05, 0.1) is 12.6 Å². The minimum atomic E-state index is -0.437. The van der Waals surface area contributed by atoms with Crippen LogP contribution in [-0.4, -0.2) is 22.3 Å². The van der Waals surface area contributed by atoms with Crippen LogP contribution in [0.15, 0.2) is 46.0 Å². The van der Waals surface area contributed by atoms with Gasteiger partial charge in [0.1, 0.15) is 12.3 Å². The zero-order valence-electron chi connectivity index (χ0n) is 13.0. The average Bonchev–Trinajstić information content (AvgIpc) is 2.52. The molecular formula is C16H19N3O4. The molecule has 7 heteroatoms. The van der Waals surface area contributed by atoms with Crippen molar-refractivity contribution in [3.63, 3.8) is 0 Å². The lowest BCUT2D eigenvalue weighted by atomic mass is 10.1. The Bertz CT molecular complexity index is 777. The van der Waals surface area contributed by atoms with Gasteiger partial charge in [-0.1, -0.05) is 12.1 Å². The van der Waals surface area contributed by atoms with Crippen molar-refractivity contribution in [3.05, 3.63) is 62.7 Å². The van der Waals surface area contributed by atoms with E-state index in [0.29, 0.717) is 6.61 Å². The van der Waals surface area contributed by atoms with E-state index in [1.807, 2.05) is 38.1 Å². The second-order valence-electron chi connectivity index (χ2n) is 5.03. The number of ether oxygens (including phenoxy) is 1. The van der Waals surface area contributed by atoms with Crippen LogP contribution in [0.1, 0.15) is 25.5 Å². The summed E-state index contributed by atoms with van der Waals surface area (Å²) in [5.74, 6) is 0.401. The van der Waals surface area contributed by atoms with Crippen molar-refractivity contribution in [3.8, 4) is 5.75 Å². The molecule has 1 aromatic carbocycles. The fourth-order valence-electron chi connectivity index (χ4n) is 2.11. The number of hydrogen-bond donors (Lipinski definition) is 2. The van der Waals surface area contributed by atoms with E-state index in [4.69, 9.17) is 4.74 Å². The number of aromatic amines is 1. The zero-order valence-corrected chi connectivity index (χ0v) is 13.0. The number of carbonyl (C=O) groups is 1. The fraction of sp³-hybridized carbons (Fsp3) is 0.312.